The van der Waals surface area contributed by atoms with Crippen LogP contribution in [0.4, 0.5) is 32.8 Å². The quantitative estimate of drug-likeness (QED) is 0.156. The molecule has 11 heteroatoms. The average molecular weight is 711 g/mol. The lowest BCUT2D eigenvalue weighted by Gasteiger charge is -2.42. The molecule has 2 N–H and O–H groups in total. The minimum absolute atomic E-state index is 0.104. The lowest BCUT2D eigenvalue weighted by atomic mass is 9.87. The highest BCUT2D eigenvalue weighted by Gasteiger charge is 2.36. The van der Waals surface area contributed by atoms with Gasteiger partial charge in [0.2, 0.25) is 0 Å². The Hall–Kier alpha value is -4.48. The summed E-state index contributed by atoms with van der Waals surface area (Å²) in [7, 11) is 1.58. The number of piperidine rings is 2. The van der Waals surface area contributed by atoms with Gasteiger partial charge in [-0.3, -0.25) is 4.79 Å². The largest absolute Gasteiger partial charge is 0.496 e. The molecule has 1 saturated carbocycles. The van der Waals surface area contributed by atoms with E-state index in [1.165, 1.54) is 43.1 Å². The number of aliphatic hydroxyl groups is 1. The summed E-state index contributed by atoms with van der Waals surface area (Å²) >= 11 is 0. The number of nitrogens with zero attached hydrogens (tertiary/aromatic N) is 5. The van der Waals surface area contributed by atoms with Gasteiger partial charge in [-0.05, 0) is 119 Å². The number of halogens is 1. The molecule has 3 aromatic rings. The Labute approximate surface area is 306 Å². The van der Waals surface area contributed by atoms with E-state index in [9.17, 15) is 9.59 Å². The fourth-order valence-electron chi connectivity index (χ4n) is 8.95. The lowest BCUT2D eigenvalue weighted by Crippen LogP contribution is -2.47. The van der Waals surface area contributed by atoms with Gasteiger partial charge < -0.3 is 39.6 Å². The fourth-order valence-corrected chi connectivity index (χ4v) is 8.95. The normalized spacial score (nSPS) is 19.5. The maximum absolute atomic E-state index is 15.2. The molecule has 1 amide bonds. The number of hydrogen-bond acceptors (Lipinski definition) is 9. The van der Waals surface area contributed by atoms with Gasteiger partial charge in [0.05, 0.1) is 36.9 Å². The summed E-state index contributed by atoms with van der Waals surface area (Å²) in [4.78, 5) is 37.9. The van der Waals surface area contributed by atoms with Crippen molar-refractivity contribution in [2.45, 2.75) is 81.8 Å². The van der Waals surface area contributed by atoms with E-state index in [1.54, 1.807) is 13.2 Å². The first kappa shape index (κ1) is 35.9. The first-order valence-corrected chi connectivity index (χ1v) is 18.9. The number of aliphatic hydroxyl groups excluding tert-OH is 1. The van der Waals surface area contributed by atoms with Crippen LogP contribution in [0.2, 0.25) is 0 Å². The zero-order valence-corrected chi connectivity index (χ0v) is 30.2. The molecule has 0 aromatic heterocycles. The molecule has 0 spiro atoms. The summed E-state index contributed by atoms with van der Waals surface area (Å²) in [5.41, 5.74) is 6.08. The van der Waals surface area contributed by atoms with Gasteiger partial charge in [0, 0.05) is 43.2 Å². The van der Waals surface area contributed by atoms with Crippen molar-refractivity contribution < 1.29 is 23.8 Å². The standard InChI is InChI=1S/C41H51FN6O4/c1-43-41(51)40-37(8-5-9-39(40)52-2)48-27-47(32-6-3-4-7-32)38-25-33(11-13-36(38)48)46-21-16-31(17-22-46)45-19-14-28(15-20-45)34-12-10-29(24-35(34)42)44-30(26-50)18-23-49/h5,8-13,24-26,28,30-32,44,49H,1,3-4,6-7,14-23,27H2,2H3. The van der Waals surface area contributed by atoms with Crippen LogP contribution in [0.3, 0.4) is 0 Å². The molecule has 0 radical (unpaired) electrons. The monoisotopic (exact) mass is 710 g/mol. The Balaban J connectivity index is 1.00. The molecule has 2 saturated heterocycles. The van der Waals surface area contributed by atoms with Gasteiger partial charge in [-0.1, -0.05) is 25.0 Å². The summed E-state index contributed by atoms with van der Waals surface area (Å²) in [6.45, 7) is 7.96. The SMILES string of the molecule is C=NC(=O)c1c(OC)cccc1N1CN(C2CCCC2)c2cc(N3CCC(N4CCC(c5ccc(NC(C=O)CCO)cc5F)CC4)CC3)ccc21. The van der Waals surface area contributed by atoms with E-state index in [4.69, 9.17) is 9.84 Å². The number of ether oxygens (including phenoxy) is 1. The van der Waals surface area contributed by atoms with E-state index >= 15 is 4.39 Å². The van der Waals surface area contributed by atoms with Crippen LogP contribution in [-0.4, -0.2) is 93.6 Å². The molecular weight excluding hydrogens is 659 g/mol. The minimum Gasteiger partial charge on any atom is -0.496 e. The summed E-state index contributed by atoms with van der Waals surface area (Å²) in [5, 5.41) is 12.2. The van der Waals surface area contributed by atoms with Gasteiger partial charge in [-0.25, -0.2) is 9.38 Å². The molecule has 1 atom stereocenters. The molecular formula is C41H51FN6O4. The number of hydrogen-bond donors (Lipinski definition) is 2. The molecule has 52 heavy (non-hydrogen) atoms. The molecule has 4 aliphatic rings. The maximum Gasteiger partial charge on any atom is 0.282 e. The number of anilines is 5. The number of carbonyl (C=O) groups is 2. The van der Waals surface area contributed by atoms with Crippen molar-refractivity contribution in [1.82, 2.24) is 4.90 Å². The Kier molecular flexibility index (Phi) is 11.1. The first-order chi connectivity index (χ1) is 25.4. The van der Waals surface area contributed by atoms with Gasteiger partial charge in [0.15, 0.2) is 0 Å². The van der Waals surface area contributed by atoms with Crippen LogP contribution < -0.4 is 24.8 Å². The van der Waals surface area contributed by atoms with E-state index in [1.807, 2.05) is 24.3 Å². The van der Waals surface area contributed by atoms with E-state index in [2.05, 4.69) is 54.8 Å². The van der Waals surface area contributed by atoms with Gasteiger partial charge in [0.25, 0.3) is 5.91 Å². The van der Waals surface area contributed by atoms with Crippen LogP contribution in [0.25, 0.3) is 0 Å². The van der Waals surface area contributed by atoms with Crippen molar-refractivity contribution in [3.8, 4) is 5.75 Å². The van der Waals surface area contributed by atoms with Crippen molar-refractivity contribution >= 4 is 47.3 Å². The van der Waals surface area contributed by atoms with E-state index in [0.29, 0.717) is 42.2 Å². The lowest BCUT2D eigenvalue weighted by molar-refractivity contribution is -0.108. The van der Waals surface area contributed by atoms with Crippen LogP contribution in [0, 0.1) is 5.82 Å². The second-order valence-corrected chi connectivity index (χ2v) is 14.6. The molecule has 7 rings (SSSR count). The van der Waals surface area contributed by atoms with Crippen molar-refractivity contribution in [3.05, 3.63) is 71.5 Å². The predicted octanol–water partition coefficient (Wildman–Crippen LogP) is 6.74. The molecule has 3 aromatic carbocycles. The molecule has 3 aliphatic heterocycles. The van der Waals surface area contributed by atoms with E-state index in [0.717, 1.165) is 75.1 Å². The Morgan fingerprint density at radius 3 is 2.42 bits per heavy atom. The number of nitrogens with one attached hydrogen (secondary N) is 1. The zero-order valence-electron chi connectivity index (χ0n) is 30.2. The molecule has 1 unspecified atom stereocenters. The predicted molar refractivity (Wildman–Crippen MR) is 205 cm³/mol. The van der Waals surface area contributed by atoms with Crippen LogP contribution in [0.15, 0.2) is 59.6 Å². The summed E-state index contributed by atoms with van der Waals surface area (Å²) in [6.07, 6.45) is 9.87. The highest BCUT2D eigenvalue weighted by Crippen LogP contribution is 2.47. The summed E-state index contributed by atoms with van der Waals surface area (Å²) in [5.74, 6) is 0.0495. The van der Waals surface area contributed by atoms with Crippen LogP contribution in [0.5, 0.6) is 5.75 Å². The number of amides is 1. The second-order valence-electron chi connectivity index (χ2n) is 14.6. The minimum atomic E-state index is -0.531. The highest BCUT2D eigenvalue weighted by molar-refractivity contribution is 6.06. The zero-order chi connectivity index (χ0) is 36.2. The van der Waals surface area contributed by atoms with Crippen LogP contribution >= 0.6 is 0 Å². The average Bonchev–Trinajstić information content (AvgIpc) is 3.86. The molecule has 276 valence electrons. The van der Waals surface area contributed by atoms with Crippen molar-refractivity contribution in [2.75, 3.05) is 66.6 Å². The van der Waals surface area contributed by atoms with Crippen LogP contribution in [-0.2, 0) is 4.79 Å². The topological polar surface area (TPSA) is 101 Å². The number of aliphatic imine (C=N–C) groups is 1. The number of benzene rings is 3. The van der Waals surface area contributed by atoms with Gasteiger partial charge in [-0.15, -0.1) is 0 Å². The summed E-state index contributed by atoms with van der Waals surface area (Å²) < 4.78 is 20.8. The molecule has 10 nitrogen and oxygen atoms in total. The number of methoxy groups -OCH3 is 1. The maximum atomic E-state index is 15.2. The summed E-state index contributed by atoms with van der Waals surface area (Å²) in [6, 6.07) is 18.1. The van der Waals surface area contributed by atoms with Crippen molar-refractivity contribution in [1.29, 1.82) is 0 Å². The molecule has 0 bridgehead atoms. The van der Waals surface area contributed by atoms with Crippen LogP contribution in [0.1, 0.15) is 79.6 Å². The van der Waals surface area contributed by atoms with Crippen molar-refractivity contribution in [2.24, 2.45) is 4.99 Å². The number of likely N-dealkylation sites (tertiary alicyclic amines) is 1. The van der Waals surface area contributed by atoms with E-state index in [-0.39, 0.29) is 18.3 Å². The molecule has 3 heterocycles. The fraction of sp³-hybridized carbons (Fsp3) is 0.488. The Morgan fingerprint density at radius 2 is 1.75 bits per heavy atom. The third kappa shape index (κ3) is 7.25. The van der Waals surface area contributed by atoms with Gasteiger partial charge in [-0.2, -0.15) is 0 Å². The highest BCUT2D eigenvalue weighted by atomic mass is 19.1. The molecule has 1 aliphatic carbocycles. The van der Waals surface area contributed by atoms with E-state index < -0.39 is 11.9 Å². The smallest absolute Gasteiger partial charge is 0.282 e. The third-order valence-corrected chi connectivity index (χ3v) is 11.8. The third-order valence-electron chi connectivity index (χ3n) is 11.8. The van der Waals surface area contributed by atoms with Gasteiger partial charge in [0.1, 0.15) is 23.4 Å². The second kappa shape index (κ2) is 16.0. The van der Waals surface area contributed by atoms with Gasteiger partial charge >= 0.3 is 0 Å². The first-order valence-electron chi connectivity index (χ1n) is 18.9. The number of rotatable bonds is 12. The number of aldehydes is 1. The number of carbonyl (C=O) groups excluding carboxylic acids is 2. The Morgan fingerprint density at radius 1 is 0.981 bits per heavy atom. The Bertz CT molecular complexity index is 1750. The number of fused-ring (bicyclic) bond motifs is 1. The van der Waals surface area contributed by atoms with Crippen molar-refractivity contribution in [3.63, 3.8) is 0 Å². The molecule has 3 fully saturated rings.